The van der Waals surface area contributed by atoms with Crippen LogP contribution in [-0.2, 0) is 0 Å². The molecule has 0 fully saturated rings. The minimum Gasteiger partial charge on any atom is -0.457 e. The molecule has 0 saturated heterocycles. The van der Waals surface area contributed by atoms with Crippen molar-refractivity contribution in [3.63, 3.8) is 0 Å². The van der Waals surface area contributed by atoms with Crippen molar-refractivity contribution >= 4 is 44.7 Å². The molecular formula is C13H9BrClNOS. The van der Waals surface area contributed by atoms with Crippen LogP contribution in [-0.4, -0.2) is 4.99 Å². The predicted molar refractivity (Wildman–Crippen MR) is 81.6 cm³/mol. The number of hydrogen-bond acceptors (Lipinski definition) is 2. The van der Waals surface area contributed by atoms with Gasteiger partial charge in [-0.25, -0.2) is 0 Å². The molecule has 2 aromatic rings. The minimum absolute atomic E-state index is 0.273. The lowest BCUT2D eigenvalue weighted by Crippen LogP contribution is -2.09. The molecular weight excluding hydrogens is 334 g/mol. The zero-order valence-corrected chi connectivity index (χ0v) is 12.3. The van der Waals surface area contributed by atoms with Gasteiger partial charge in [0.15, 0.2) is 0 Å². The summed E-state index contributed by atoms with van der Waals surface area (Å²) in [4.78, 5) is 0.273. The van der Waals surface area contributed by atoms with Crippen molar-refractivity contribution < 1.29 is 4.74 Å². The molecule has 2 N–H and O–H groups in total. The molecule has 0 atom stereocenters. The van der Waals surface area contributed by atoms with Gasteiger partial charge in [-0.3, -0.25) is 0 Å². The highest BCUT2D eigenvalue weighted by atomic mass is 79.9. The van der Waals surface area contributed by atoms with Crippen LogP contribution in [0.25, 0.3) is 0 Å². The topological polar surface area (TPSA) is 35.2 Å². The van der Waals surface area contributed by atoms with Crippen molar-refractivity contribution in [1.29, 1.82) is 0 Å². The number of nitrogens with two attached hydrogens (primary N) is 1. The van der Waals surface area contributed by atoms with Crippen molar-refractivity contribution in [3.8, 4) is 11.5 Å². The third-order valence-corrected chi connectivity index (χ3v) is 3.32. The van der Waals surface area contributed by atoms with Crippen LogP contribution < -0.4 is 10.5 Å². The van der Waals surface area contributed by atoms with Crippen molar-refractivity contribution in [2.45, 2.75) is 0 Å². The molecule has 0 aliphatic rings. The lowest BCUT2D eigenvalue weighted by molar-refractivity contribution is 0.482. The summed E-state index contributed by atoms with van der Waals surface area (Å²) >= 11 is 14.3. The van der Waals surface area contributed by atoms with Crippen LogP contribution >= 0.6 is 39.7 Å². The van der Waals surface area contributed by atoms with Crippen LogP contribution in [0, 0.1) is 0 Å². The zero-order chi connectivity index (χ0) is 13.1. The molecule has 0 spiro atoms. The van der Waals surface area contributed by atoms with E-state index in [4.69, 9.17) is 34.3 Å². The molecule has 0 amide bonds. The smallest absolute Gasteiger partial charge is 0.128 e. The van der Waals surface area contributed by atoms with Crippen LogP contribution in [0.1, 0.15) is 5.56 Å². The summed E-state index contributed by atoms with van der Waals surface area (Å²) in [5.41, 5.74) is 6.18. The van der Waals surface area contributed by atoms with Gasteiger partial charge in [0.2, 0.25) is 0 Å². The molecule has 0 saturated carbocycles. The van der Waals surface area contributed by atoms with Gasteiger partial charge in [0, 0.05) is 16.1 Å². The van der Waals surface area contributed by atoms with E-state index in [0.29, 0.717) is 16.3 Å². The van der Waals surface area contributed by atoms with E-state index in [2.05, 4.69) is 15.9 Å². The highest BCUT2D eigenvalue weighted by Crippen LogP contribution is 2.27. The Labute approximate surface area is 124 Å². The fourth-order valence-corrected chi connectivity index (χ4v) is 2.17. The Morgan fingerprint density at radius 1 is 1.11 bits per heavy atom. The molecule has 0 unspecified atom stereocenters. The van der Waals surface area contributed by atoms with E-state index in [-0.39, 0.29) is 4.99 Å². The van der Waals surface area contributed by atoms with Crippen LogP contribution in [0.5, 0.6) is 11.5 Å². The third kappa shape index (κ3) is 3.22. The molecule has 2 aromatic carbocycles. The van der Waals surface area contributed by atoms with Crippen molar-refractivity contribution in [1.82, 2.24) is 0 Å². The number of ether oxygens (including phenoxy) is 1. The summed E-state index contributed by atoms with van der Waals surface area (Å²) in [5.74, 6) is 1.37. The molecule has 0 heterocycles. The third-order valence-electron chi connectivity index (χ3n) is 2.26. The first-order chi connectivity index (χ1) is 8.56. The van der Waals surface area contributed by atoms with Gasteiger partial charge in [-0.05, 0) is 36.4 Å². The van der Waals surface area contributed by atoms with Gasteiger partial charge in [-0.2, -0.15) is 0 Å². The SMILES string of the molecule is NC(=S)c1ccc(Oc2ccc(Br)cc2)cc1Cl. The van der Waals surface area contributed by atoms with Gasteiger partial charge in [-0.1, -0.05) is 39.7 Å². The quantitative estimate of drug-likeness (QED) is 0.832. The Kier molecular flexibility index (Phi) is 4.22. The zero-order valence-electron chi connectivity index (χ0n) is 9.19. The van der Waals surface area contributed by atoms with Gasteiger partial charge in [0.05, 0.1) is 5.02 Å². The van der Waals surface area contributed by atoms with Crippen molar-refractivity contribution in [2.75, 3.05) is 0 Å². The van der Waals surface area contributed by atoms with Crippen molar-refractivity contribution in [2.24, 2.45) is 5.73 Å². The van der Waals surface area contributed by atoms with Gasteiger partial charge in [0.1, 0.15) is 16.5 Å². The number of benzene rings is 2. The molecule has 2 nitrogen and oxygen atoms in total. The monoisotopic (exact) mass is 341 g/mol. The van der Waals surface area contributed by atoms with Gasteiger partial charge in [0.25, 0.3) is 0 Å². The second kappa shape index (κ2) is 5.69. The molecule has 0 aromatic heterocycles. The summed E-state index contributed by atoms with van der Waals surface area (Å²) < 4.78 is 6.66. The number of rotatable bonds is 3. The predicted octanol–water partition coefficient (Wildman–Crippen LogP) is 4.53. The molecule has 0 aliphatic carbocycles. The largest absolute Gasteiger partial charge is 0.457 e. The molecule has 0 radical (unpaired) electrons. The van der Waals surface area contributed by atoms with Crippen LogP contribution in [0.15, 0.2) is 46.9 Å². The number of halogens is 2. The van der Waals surface area contributed by atoms with Gasteiger partial charge < -0.3 is 10.5 Å². The standard InChI is InChI=1S/C13H9BrClNOS/c14-8-1-3-9(4-2-8)17-10-5-6-11(13(16)18)12(15)7-10/h1-7H,(H2,16,18). The van der Waals surface area contributed by atoms with Gasteiger partial charge in [-0.15, -0.1) is 0 Å². The second-order valence-corrected chi connectivity index (χ2v) is 5.32. The molecule has 0 aliphatic heterocycles. The maximum absolute atomic E-state index is 6.06. The molecule has 18 heavy (non-hydrogen) atoms. The highest BCUT2D eigenvalue weighted by Gasteiger charge is 2.05. The lowest BCUT2D eigenvalue weighted by Gasteiger charge is -2.08. The average Bonchev–Trinajstić information content (AvgIpc) is 2.32. The van der Waals surface area contributed by atoms with Gasteiger partial charge >= 0.3 is 0 Å². The molecule has 0 bridgehead atoms. The van der Waals surface area contributed by atoms with E-state index >= 15 is 0 Å². The Morgan fingerprint density at radius 3 is 2.28 bits per heavy atom. The van der Waals surface area contributed by atoms with E-state index in [1.54, 1.807) is 18.2 Å². The Bertz CT molecular complexity index is 586. The fraction of sp³-hybridized carbons (Fsp3) is 0. The van der Waals surface area contributed by atoms with E-state index in [0.717, 1.165) is 10.2 Å². The summed E-state index contributed by atoms with van der Waals surface area (Å²) in [7, 11) is 0. The van der Waals surface area contributed by atoms with E-state index < -0.39 is 0 Å². The fourth-order valence-electron chi connectivity index (χ4n) is 1.40. The number of hydrogen-bond donors (Lipinski definition) is 1. The van der Waals surface area contributed by atoms with Crippen LogP contribution in [0.3, 0.4) is 0 Å². The Morgan fingerprint density at radius 2 is 1.72 bits per heavy atom. The first-order valence-electron chi connectivity index (χ1n) is 5.09. The first-order valence-corrected chi connectivity index (χ1v) is 6.67. The van der Waals surface area contributed by atoms with Crippen LogP contribution in [0.2, 0.25) is 5.02 Å². The average molecular weight is 343 g/mol. The number of thiocarbonyl (C=S) groups is 1. The summed E-state index contributed by atoms with van der Waals surface area (Å²) in [6.45, 7) is 0. The highest BCUT2D eigenvalue weighted by molar-refractivity contribution is 9.10. The molecule has 5 heteroatoms. The molecule has 2 rings (SSSR count). The second-order valence-electron chi connectivity index (χ2n) is 3.56. The summed E-state index contributed by atoms with van der Waals surface area (Å²) in [5, 5.41) is 0.483. The maximum atomic E-state index is 6.06. The Hall–Kier alpha value is -1.10. The summed E-state index contributed by atoms with van der Waals surface area (Å²) in [6, 6.07) is 12.7. The molecule has 92 valence electrons. The van der Waals surface area contributed by atoms with E-state index in [9.17, 15) is 0 Å². The van der Waals surface area contributed by atoms with E-state index in [1.165, 1.54) is 0 Å². The minimum atomic E-state index is 0.273. The Balaban J connectivity index is 2.22. The van der Waals surface area contributed by atoms with E-state index in [1.807, 2.05) is 24.3 Å². The lowest BCUT2D eigenvalue weighted by atomic mass is 10.2. The van der Waals surface area contributed by atoms with Crippen molar-refractivity contribution in [3.05, 3.63) is 57.5 Å². The van der Waals surface area contributed by atoms with Crippen LogP contribution in [0.4, 0.5) is 0 Å². The normalized spacial score (nSPS) is 10.1. The first kappa shape index (κ1) is 13.3. The maximum Gasteiger partial charge on any atom is 0.128 e. The summed E-state index contributed by atoms with van der Waals surface area (Å²) in [6.07, 6.45) is 0.